The highest BCUT2D eigenvalue weighted by Crippen LogP contribution is 2.34. The number of unbranched alkanes of at least 4 members (excludes halogenated alkanes) is 2. The Morgan fingerprint density at radius 3 is 2.48 bits per heavy atom. The van der Waals surface area contributed by atoms with Crippen LogP contribution in [0.1, 0.15) is 98.3 Å². The highest BCUT2D eigenvalue weighted by Gasteiger charge is 2.32. The summed E-state index contributed by atoms with van der Waals surface area (Å²) in [6.07, 6.45) is 14.5. The van der Waals surface area contributed by atoms with Gasteiger partial charge in [0.2, 0.25) is 0 Å². The molecule has 1 aliphatic rings. The molecular weight excluding hydrogens is 340 g/mol. The number of allylic oxidation sites excluding steroid dienone is 2. The van der Waals surface area contributed by atoms with Crippen molar-refractivity contribution >= 4 is 11.8 Å². The number of hydrogen-bond acceptors (Lipinski definition) is 3. The Labute approximate surface area is 165 Å². The van der Waals surface area contributed by atoms with E-state index >= 15 is 0 Å². The molecular formula is C23H40O4. The van der Waals surface area contributed by atoms with Crippen LogP contribution in [0.5, 0.6) is 0 Å². The number of hydrogen-bond donors (Lipinski definition) is 2. The number of ketones is 1. The number of aliphatic carboxylic acids is 1. The Morgan fingerprint density at radius 2 is 1.85 bits per heavy atom. The van der Waals surface area contributed by atoms with Crippen LogP contribution in [0, 0.1) is 17.3 Å². The van der Waals surface area contributed by atoms with Crippen molar-refractivity contribution in [3.8, 4) is 0 Å². The summed E-state index contributed by atoms with van der Waals surface area (Å²) in [5.74, 6) is -0.284. The van der Waals surface area contributed by atoms with Crippen molar-refractivity contribution in [2.24, 2.45) is 17.3 Å². The fraction of sp³-hybridized carbons (Fsp3) is 0.826. The maximum absolute atomic E-state index is 12.2. The van der Waals surface area contributed by atoms with Crippen LogP contribution in [0.2, 0.25) is 0 Å². The number of aliphatic hydroxyl groups is 1. The van der Waals surface area contributed by atoms with E-state index in [1.54, 1.807) is 0 Å². The maximum atomic E-state index is 12.2. The smallest absolute Gasteiger partial charge is 0.335 e. The van der Waals surface area contributed by atoms with E-state index in [1.165, 1.54) is 26.2 Å². The molecule has 0 aromatic heterocycles. The molecule has 0 heterocycles. The zero-order valence-corrected chi connectivity index (χ0v) is 17.8. The molecule has 1 fully saturated rings. The van der Waals surface area contributed by atoms with Crippen LogP contribution < -0.4 is 0 Å². The molecule has 0 amide bonds. The van der Waals surface area contributed by atoms with E-state index in [0.717, 1.165) is 32.1 Å². The summed E-state index contributed by atoms with van der Waals surface area (Å²) in [5, 5.41) is 18.7. The van der Waals surface area contributed by atoms with Gasteiger partial charge in [0.1, 0.15) is 5.78 Å². The zero-order valence-electron chi connectivity index (χ0n) is 17.8. The third-order valence-corrected chi connectivity index (χ3v) is 6.09. The van der Waals surface area contributed by atoms with Gasteiger partial charge >= 0.3 is 5.97 Å². The van der Waals surface area contributed by atoms with Gasteiger partial charge in [-0.25, -0.2) is 4.79 Å². The molecule has 4 heteroatoms. The normalized spacial score (nSPS) is 23.1. The van der Waals surface area contributed by atoms with Crippen LogP contribution in [0.4, 0.5) is 0 Å². The van der Waals surface area contributed by atoms with Crippen molar-refractivity contribution in [1.29, 1.82) is 0 Å². The lowest BCUT2D eigenvalue weighted by Crippen LogP contribution is -2.34. The molecule has 4 nitrogen and oxygen atoms in total. The van der Waals surface area contributed by atoms with Crippen molar-refractivity contribution in [2.75, 3.05) is 0 Å². The SMILES string of the molecule is CCCC(C)(C)CCC=C[C@H]1CCC(=O)[C@@H]1CCCCCC(C)(O)C(=O)O. The Balaban J connectivity index is 2.35. The molecule has 0 spiro atoms. The number of carbonyl (C=O) groups excluding carboxylic acids is 1. The third kappa shape index (κ3) is 8.59. The van der Waals surface area contributed by atoms with E-state index in [0.29, 0.717) is 30.0 Å². The number of carboxylic acid groups (broad SMARTS) is 1. The minimum Gasteiger partial charge on any atom is -0.479 e. The first kappa shape index (κ1) is 23.9. The minimum absolute atomic E-state index is 0.130. The van der Waals surface area contributed by atoms with Gasteiger partial charge in [0.05, 0.1) is 0 Å². The van der Waals surface area contributed by atoms with E-state index in [1.807, 2.05) is 0 Å². The van der Waals surface area contributed by atoms with Gasteiger partial charge in [-0.2, -0.15) is 0 Å². The standard InChI is InChI=1S/C23H40O4/c1-5-15-22(2,3)16-10-8-11-18-13-14-20(24)19(18)12-7-6-9-17-23(4,27)21(25)26/h8,11,18-19,27H,5-7,9-10,12-17H2,1-4H3,(H,25,26)/t18-,19+,23?/m0/s1. The highest BCUT2D eigenvalue weighted by atomic mass is 16.4. The monoisotopic (exact) mass is 380 g/mol. The van der Waals surface area contributed by atoms with E-state index in [4.69, 9.17) is 5.11 Å². The average Bonchev–Trinajstić information content (AvgIpc) is 2.91. The number of carbonyl (C=O) groups is 2. The van der Waals surface area contributed by atoms with E-state index in [-0.39, 0.29) is 12.3 Å². The first-order chi connectivity index (χ1) is 12.6. The fourth-order valence-corrected chi connectivity index (χ4v) is 4.20. The first-order valence-electron chi connectivity index (χ1n) is 10.7. The minimum atomic E-state index is -1.64. The van der Waals surface area contributed by atoms with Gasteiger partial charge < -0.3 is 10.2 Å². The Hall–Kier alpha value is -1.16. The van der Waals surface area contributed by atoms with Crippen molar-refractivity contribution in [2.45, 2.75) is 104 Å². The number of carboxylic acids is 1. The first-order valence-corrected chi connectivity index (χ1v) is 10.7. The molecule has 1 unspecified atom stereocenters. The molecule has 3 atom stereocenters. The van der Waals surface area contributed by atoms with Gasteiger partial charge in [-0.3, -0.25) is 4.79 Å². The molecule has 1 saturated carbocycles. The Kier molecular flexibility index (Phi) is 9.72. The van der Waals surface area contributed by atoms with Crippen LogP contribution in [0.3, 0.4) is 0 Å². The van der Waals surface area contributed by atoms with Crippen LogP contribution >= 0.6 is 0 Å². The summed E-state index contributed by atoms with van der Waals surface area (Å²) in [6.45, 7) is 8.23. The van der Waals surface area contributed by atoms with Gasteiger partial charge in [-0.05, 0) is 63.2 Å². The highest BCUT2D eigenvalue weighted by molar-refractivity contribution is 5.83. The molecule has 1 aliphatic carbocycles. The lowest BCUT2D eigenvalue weighted by Gasteiger charge is -2.23. The van der Waals surface area contributed by atoms with Crippen LogP contribution in [-0.2, 0) is 9.59 Å². The van der Waals surface area contributed by atoms with Crippen LogP contribution in [-0.4, -0.2) is 27.6 Å². The molecule has 1 rings (SSSR count). The lowest BCUT2D eigenvalue weighted by molar-refractivity contribution is -0.157. The van der Waals surface area contributed by atoms with Gasteiger partial charge in [-0.15, -0.1) is 0 Å². The van der Waals surface area contributed by atoms with Gasteiger partial charge in [0.15, 0.2) is 5.60 Å². The largest absolute Gasteiger partial charge is 0.479 e. The van der Waals surface area contributed by atoms with Gasteiger partial charge in [0.25, 0.3) is 0 Å². The topological polar surface area (TPSA) is 74.6 Å². The molecule has 0 bridgehead atoms. The third-order valence-electron chi connectivity index (χ3n) is 6.09. The van der Waals surface area contributed by atoms with E-state index < -0.39 is 11.6 Å². The number of Topliss-reactive ketones (excluding diaryl/α,β-unsaturated/α-hetero) is 1. The average molecular weight is 381 g/mol. The van der Waals surface area contributed by atoms with Crippen molar-refractivity contribution in [1.82, 2.24) is 0 Å². The summed E-state index contributed by atoms with van der Waals surface area (Å²) >= 11 is 0. The predicted molar refractivity (Wildman–Crippen MR) is 110 cm³/mol. The molecule has 0 saturated heterocycles. The quantitative estimate of drug-likeness (QED) is 0.325. The molecule has 0 radical (unpaired) electrons. The van der Waals surface area contributed by atoms with Crippen molar-refractivity contribution in [3.05, 3.63) is 12.2 Å². The van der Waals surface area contributed by atoms with Gasteiger partial charge in [0, 0.05) is 12.3 Å². The predicted octanol–water partition coefficient (Wildman–Crippen LogP) is 5.53. The molecule has 0 aromatic rings. The number of rotatable bonds is 13. The molecule has 27 heavy (non-hydrogen) atoms. The lowest BCUT2D eigenvalue weighted by atomic mass is 9.83. The van der Waals surface area contributed by atoms with Crippen molar-refractivity contribution in [3.63, 3.8) is 0 Å². The fourth-order valence-electron chi connectivity index (χ4n) is 4.20. The molecule has 0 aromatic carbocycles. The summed E-state index contributed by atoms with van der Waals surface area (Å²) in [5.41, 5.74) is -1.25. The van der Waals surface area contributed by atoms with Crippen LogP contribution in [0.25, 0.3) is 0 Å². The second kappa shape index (κ2) is 11.0. The molecule has 156 valence electrons. The van der Waals surface area contributed by atoms with E-state index in [2.05, 4.69) is 32.9 Å². The Bertz CT molecular complexity index is 505. The summed E-state index contributed by atoms with van der Waals surface area (Å²) in [6, 6.07) is 0. The molecule has 2 N–H and O–H groups in total. The van der Waals surface area contributed by atoms with E-state index in [9.17, 15) is 14.7 Å². The second-order valence-corrected chi connectivity index (χ2v) is 9.33. The molecule has 0 aliphatic heterocycles. The zero-order chi connectivity index (χ0) is 20.5. The van der Waals surface area contributed by atoms with Gasteiger partial charge in [-0.1, -0.05) is 52.2 Å². The van der Waals surface area contributed by atoms with Crippen LogP contribution in [0.15, 0.2) is 12.2 Å². The van der Waals surface area contributed by atoms with Crippen molar-refractivity contribution < 1.29 is 19.8 Å². The second-order valence-electron chi connectivity index (χ2n) is 9.33. The Morgan fingerprint density at radius 1 is 1.15 bits per heavy atom. The summed E-state index contributed by atoms with van der Waals surface area (Å²) in [7, 11) is 0. The maximum Gasteiger partial charge on any atom is 0.335 e. The summed E-state index contributed by atoms with van der Waals surface area (Å²) < 4.78 is 0. The summed E-state index contributed by atoms with van der Waals surface area (Å²) in [4.78, 5) is 23.1.